The number of amides is 4. The minimum Gasteiger partial charge on any atom is -0.493 e. The summed E-state index contributed by atoms with van der Waals surface area (Å²) in [5, 5.41) is 5.67. The summed E-state index contributed by atoms with van der Waals surface area (Å²) in [5.74, 6) is -0.529. The van der Waals surface area contributed by atoms with E-state index in [9.17, 15) is 19.2 Å². The molecule has 0 aliphatic heterocycles. The highest BCUT2D eigenvalue weighted by Crippen LogP contribution is 2.34. The number of benzene rings is 1. The largest absolute Gasteiger partial charge is 0.493 e. The lowest BCUT2D eigenvalue weighted by atomic mass is 10.1. The minimum absolute atomic E-state index is 0.127. The molecule has 3 aromatic rings. The normalized spacial score (nSPS) is 12.2. The standard InChI is InChI=1S/C29H38Cl2N8O7/c1-16(40)37-38-25(41)19(35-26(42)45-28(2,3)4)9-8-12-44-20-11-10-18(30)21(31)17(20)13-39-15-34-22-23(32-14-33-24(22)39)36-27(43)46-29(5,6)7/h10-11,14-15,19H,8-9,12-13H2,1-7H3,(H,35,42)(H,37,40)(H,38,41)(H,32,33,36,43)/t19-/m1/s1. The van der Waals surface area contributed by atoms with Gasteiger partial charge in [0.15, 0.2) is 17.0 Å². The van der Waals surface area contributed by atoms with E-state index in [0.29, 0.717) is 33.9 Å². The first-order valence-electron chi connectivity index (χ1n) is 14.2. The van der Waals surface area contributed by atoms with Crippen molar-refractivity contribution in [2.45, 2.75) is 85.1 Å². The lowest BCUT2D eigenvalue weighted by molar-refractivity contribution is -0.129. The number of hydrazine groups is 1. The number of imidazole rings is 1. The van der Waals surface area contributed by atoms with Crippen LogP contribution in [0.2, 0.25) is 10.0 Å². The number of rotatable bonds is 10. The third-order valence-electron chi connectivity index (χ3n) is 5.77. The molecule has 0 bridgehead atoms. The van der Waals surface area contributed by atoms with Crippen LogP contribution >= 0.6 is 23.2 Å². The van der Waals surface area contributed by atoms with Crippen LogP contribution in [0.5, 0.6) is 5.75 Å². The Morgan fingerprint density at radius 3 is 2.26 bits per heavy atom. The quantitative estimate of drug-likeness (QED) is 0.172. The molecular formula is C29H38Cl2N8O7. The summed E-state index contributed by atoms with van der Waals surface area (Å²) in [6.07, 6.45) is 1.79. The topological polar surface area (TPSA) is 188 Å². The second kappa shape index (κ2) is 15.3. The van der Waals surface area contributed by atoms with E-state index in [1.807, 2.05) is 0 Å². The Labute approximate surface area is 276 Å². The van der Waals surface area contributed by atoms with Gasteiger partial charge in [0.1, 0.15) is 29.3 Å². The van der Waals surface area contributed by atoms with Gasteiger partial charge in [0.2, 0.25) is 5.91 Å². The zero-order valence-electron chi connectivity index (χ0n) is 26.6. The fourth-order valence-corrected chi connectivity index (χ4v) is 4.33. The van der Waals surface area contributed by atoms with Crippen molar-refractivity contribution in [2.24, 2.45) is 0 Å². The minimum atomic E-state index is -1.03. The predicted molar refractivity (Wildman–Crippen MR) is 171 cm³/mol. The van der Waals surface area contributed by atoms with Gasteiger partial charge in [-0.25, -0.2) is 24.5 Å². The van der Waals surface area contributed by atoms with Crippen LogP contribution in [0, 0.1) is 0 Å². The van der Waals surface area contributed by atoms with Gasteiger partial charge >= 0.3 is 12.2 Å². The number of nitrogens with one attached hydrogen (secondary N) is 4. The fourth-order valence-electron chi connectivity index (χ4n) is 3.94. The second-order valence-electron chi connectivity index (χ2n) is 12.1. The van der Waals surface area contributed by atoms with E-state index in [1.165, 1.54) is 19.6 Å². The Kier molecular flexibility index (Phi) is 12.0. The Morgan fingerprint density at radius 2 is 1.61 bits per heavy atom. The van der Waals surface area contributed by atoms with E-state index in [0.717, 1.165) is 0 Å². The molecule has 0 saturated heterocycles. The Balaban J connectivity index is 1.74. The number of fused-ring (bicyclic) bond motifs is 1. The molecule has 17 heteroatoms. The van der Waals surface area contributed by atoms with Crippen LogP contribution in [-0.2, 0) is 25.6 Å². The number of nitrogens with zero attached hydrogens (tertiary/aromatic N) is 4. The van der Waals surface area contributed by atoms with E-state index >= 15 is 0 Å². The highest BCUT2D eigenvalue weighted by molar-refractivity contribution is 6.42. The Bertz CT molecular complexity index is 1580. The van der Waals surface area contributed by atoms with Gasteiger partial charge in [0, 0.05) is 12.5 Å². The van der Waals surface area contributed by atoms with E-state index in [4.69, 9.17) is 37.4 Å². The highest BCUT2D eigenvalue weighted by atomic mass is 35.5. The van der Waals surface area contributed by atoms with E-state index in [1.54, 1.807) is 58.2 Å². The van der Waals surface area contributed by atoms with Crippen molar-refractivity contribution < 1.29 is 33.4 Å². The number of hydrogen-bond donors (Lipinski definition) is 4. The number of carbonyl (C=O) groups is 4. The van der Waals surface area contributed by atoms with Crippen LogP contribution < -0.4 is 26.2 Å². The molecule has 2 heterocycles. The summed E-state index contributed by atoms with van der Waals surface area (Å²) in [5.41, 5.74) is 4.25. The number of ether oxygens (including phenoxy) is 3. The molecule has 0 radical (unpaired) electrons. The molecule has 1 atom stereocenters. The van der Waals surface area contributed by atoms with Gasteiger partial charge in [0.25, 0.3) is 5.91 Å². The molecule has 0 aliphatic rings. The van der Waals surface area contributed by atoms with Crippen molar-refractivity contribution >= 4 is 64.2 Å². The van der Waals surface area contributed by atoms with Crippen molar-refractivity contribution in [3.05, 3.63) is 40.4 Å². The molecule has 4 N–H and O–H groups in total. The van der Waals surface area contributed by atoms with Gasteiger partial charge in [-0.2, -0.15) is 0 Å². The molecule has 0 fully saturated rings. The van der Waals surface area contributed by atoms with Crippen molar-refractivity contribution in [3.8, 4) is 5.75 Å². The van der Waals surface area contributed by atoms with E-state index in [-0.39, 0.29) is 30.4 Å². The van der Waals surface area contributed by atoms with Gasteiger partial charge in [-0.1, -0.05) is 23.2 Å². The molecule has 2 aromatic heterocycles. The van der Waals surface area contributed by atoms with Gasteiger partial charge in [-0.05, 0) is 66.5 Å². The van der Waals surface area contributed by atoms with Crippen LogP contribution in [0.1, 0.15) is 66.9 Å². The summed E-state index contributed by atoms with van der Waals surface area (Å²) in [4.78, 5) is 61.4. The van der Waals surface area contributed by atoms with Crippen LogP contribution in [0.25, 0.3) is 11.2 Å². The number of alkyl carbamates (subject to hydrolysis) is 1. The van der Waals surface area contributed by atoms with Gasteiger partial charge in [0.05, 0.1) is 29.5 Å². The monoisotopic (exact) mass is 680 g/mol. The number of hydrogen-bond acceptors (Lipinski definition) is 10. The fraction of sp³-hybridized carbons (Fsp3) is 0.483. The number of aromatic nitrogens is 4. The first-order valence-corrected chi connectivity index (χ1v) is 15.0. The number of halogens is 2. The first-order chi connectivity index (χ1) is 21.4. The molecule has 0 saturated carbocycles. The van der Waals surface area contributed by atoms with Crippen LogP contribution in [0.3, 0.4) is 0 Å². The average molecular weight is 682 g/mol. The molecule has 0 spiro atoms. The van der Waals surface area contributed by atoms with Crippen molar-refractivity contribution in [1.29, 1.82) is 0 Å². The molecule has 250 valence electrons. The Morgan fingerprint density at radius 1 is 0.935 bits per heavy atom. The van der Waals surface area contributed by atoms with Crippen molar-refractivity contribution in [1.82, 2.24) is 35.7 Å². The summed E-state index contributed by atoms with van der Waals surface area (Å²) >= 11 is 12.9. The summed E-state index contributed by atoms with van der Waals surface area (Å²) in [6.45, 7) is 11.8. The van der Waals surface area contributed by atoms with Crippen LogP contribution in [0.4, 0.5) is 15.4 Å². The van der Waals surface area contributed by atoms with Crippen LogP contribution in [0.15, 0.2) is 24.8 Å². The zero-order chi connectivity index (χ0) is 34.2. The molecule has 46 heavy (non-hydrogen) atoms. The van der Waals surface area contributed by atoms with E-state index in [2.05, 4.69) is 36.4 Å². The summed E-state index contributed by atoms with van der Waals surface area (Å²) < 4.78 is 18.3. The molecule has 4 amide bonds. The SMILES string of the molecule is CC(=O)NNC(=O)[C@@H](CCCOc1ccc(Cl)c(Cl)c1Cn1cnc2c(NC(=O)OC(C)(C)C)ncnc21)NC(=O)OC(C)(C)C. The van der Waals surface area contributed by atoms with Crippen molar-refractivity contribution in [3.63, 3.8) is 0 Å². The maximum atomic E-state index is 12.7. The highest BCUT2D eigenvalue weighted by Gasteiger charge is 2.25. The second-order valence-corrected chi connectivity index (χ2v) is 12.9. The third kappa shape index (κ3) is 10.9. The molecule has 0 unspecified atom stereocenters. The number of carbonyl (C=O) groups excluding carboxylic acids is 4. The predicted octanol–water partition coefficient (Wildman–Crippen LogP) is 4.75. The van der Waals surface area contributed by atoms with Crippen LogP contribution in [-0.4, -0.2) is 67.4 Å². The maximum absolute atomic E-state index is 12.7. The molecule has 15 nitrogen and oxygen atoms in total. The number of anilines is 1. The lowest BCUT2D eigenvalue weighted by Crippen LogP contribution is -2.52. The third-order valence-corrected chi connectivity index (χ3v) is 6.61. The molecular weight excluding hydrogens is 643 g/mol. The van der Waals surface area contributed by atoms with Gasteiger partial charge in [-0.3, -0.25) is 25.8 Å². The first kappa shape index (κ1) is 36.1. The Hall–Kier alpha value is -4.37. The lowest BCUT2D eigenvalue weighted by Gasteiger charge is -2.23. The molecule has 3 rings (SSSR count). The molecule has 0 aliphatic carbocycles. The summed E-state index contributed by atoms with van der Waals surface area (Å²) in [6, 6.07) is 2.22. The van der Waals surface area contributed by atoms with Gasteiger partial charge in [-0.15, -0.1) is 0 Å². The van der Waals surface area contributed by atoms with Gasteiger partial charge < -0.3 is 24.1 Å². The van der Waals surface area contributed by atoms with Crippen molar-refractivity contribution in [2.75, 3.05) is 11.9 Å². The zero-order valence-corrected chi connectivity index (χ0v) is 28.1. The van der Waals surface area contributed by atoms with E-state index < -0.39 is 41.2 Å². The smallest absolute Gasteiger partial charge is 0.413 e. The maximum Gasteiger partial charge on any atom is 0.413 e. The summed E-state index contributed by atoms with van der Waals surface area (Å²) in [7, 11) is 0. The molecule has 1 aromatic carbocycles. The average Bonchev–Trinajstić information content (AvgIpc) is 3.34.